The van der Waals surface area contributed by atoms with Gasteiger partial charge in [0.15, 0.2) is 0 Å². The fraction of sp³-hybridized carbons (Fsp3) is 0.600. The van der Waals surface area contributed by atoms with Crippen LogP contribution in [0.4, 0.5) is 3.89 Å². The van der Waals surface area contributed by atoms with E-state index in [0.717, 1.165) is 55.9 Å². The fourth-order valence-electron chi connectivity index (χ4n) is 5.42. The summed E-state index contributed by atoms with van der Waals surface area (Å²) in [7, 11) is -7.02. The first-order valence-electron chi connectivity index (χ1n) is 11.2. The van der Waals surface area contributed by atoms with Gasteiger partial charge in [0.05, 0.1) is 6.10 Å². The summed E-state index contributed by atoms with van der Waals surface area (Å²) in [5, 5.41) is 11.3. The Morgan fingerprint density at radius 2 is 2.00 bits per heavy atom. The second-order valence-electron chi connectivity index (χ2n) is 9.78. The molecule has 0 aromatic carbocycles. The molecule has 174 valence electrons. The molecule has 1 N–H and O–H groups in total. The van der Waals surface area contributed by atoms with Crippen molar-refractivity contribution >= 4 is 18.3 Å². The van der Waals surface area contributed by atoms with E-state index in [1.807, 2.05) is 6.92 Å². The highest BCUT2D eigenvalue weighted by molar-refractivity contribution is 8.88. The molecular formula is C25H37FO3S2. The number of fused-ring (bicyclic) bond motifs is 1. The lowest BCUT2D eigenvalue weighted by atomic mass is 9.62. The van der Waals surface area contributed by atoms with Gasteiger partial charge >= 0.3 is 0 Å². The Morgan fingerprint density at radius 1 is 1.29 bits per heavy atom. The van der Waals surface area contributed by atoms with Gasteiger partial charge in [0, 0.05) is 22.0 Å². The van der Waals surface area contributed by atoms with Gasteiger partial charge in [-0.15, -0.1) is 0 Å². The van der Waals surface area contributed by atoms with Crippen molar-refractivity contribution in [3.05, 3.63) is 58.6 Å². The Balaban J connectivity index is 1.80. The molecule has 3 aliphatic rings. The molecular weight excluding hydrogens is 431 g/mol. The largest absolute Gasteiger partial charge is 0.393 e. The maximum atomic E-state index is 14.6. The summed E-state index contributed by atoms with van der Waals surface area (Å²) >= 11 is 0. The molecule has 0 bridgehead atoms. The third-order valence-electron chi connectivity index (χ3n) is 7.49. The molecule has 0 aliphatic heterocycles. The zero-order chi connectivity index (χ0) is 23.0. The second kappa shape index (κ2) is 9.03. The molecule has 3 rings (SSSR count). The van der Waals surface area contributed by atoms with Gasteiger partial charge in [-0.3, -0.25) is 0 Å². The highest BCUT2D eigenvalue weighted by atomic mass is 33.2. The van der Waals surface area contributed by atoms with Gasteiger partial charge in [-0.2, -0.15) is 3.89 Å². The highest BCUT2D eigenvalue weighted by Gasteiger charge is 2.45. The molecule has 0 heterocycles. The van der Waals surface area contributed by atoms with E-state index in [1.165, 1.54) is 22.8 Å². The number of rotatable bonds is 5. The van der Waals surface area contributed by atoms with Gasteiger partial charge in [-0.1, -0.05) is 61.4 Å². The lowest BCUT2D eigenvalue weighted by Gasteiger charge is -2.42. The van der Waals surface area contributed by atoms with Crippen molar-refractivity contribution in [3.63, 3.8) is 0 Å². The predicted octanol–water partition coefficient (Wildman–Crippen LogP) is 6.51. The minimum atomic E-state index is -3.73. The fourth-order valence-corrected chi connectivity index (χ4v) is 6.93. The maximum Gasteiger partial charge on any atom is 0.209 e. The Labute approximate surface area is 188 Å². The van der Waals surface area contributed by atoms with Gasteiger partial charge in [-0.25, -0.2) is 8.42 Å². The van der Waals surface area contributed by atoms with Crippen LogP contribution in [0.3, 0.4) is 0 Å². The summed E-state index contributed by atoms with van der Waals surface area (Å²) in [4.78, 5) is 0. The number of aliphatic hydroxyl groups is 1. The first-order chi connectivity index (χ1) is 14.3. The normalized spacial score (nSPS) is 36.3. The van der Waals surface area contributed by atoms with Gasteiger partial charge in [0.2, 0.25) is 8.87 Å². The van der Waals surface area contributed by atoms with Crippen molar-refractivity contribution in [1.29, 1.82) is 0 Å². The average molecular weight is 469 g/mol. The van der Waals surface area contributed by atoms with Crippen molar-refractivity contribution in [1.82, 2.24) is 0 Å². The Morgan fingerprint density at radius 3 is 2.68 bits per heavy atom. The molecule has 0 spiro atoms. The second-order valence-corrected chi connectivity index (χ2v) is 16.8. The number of halogens is 1. The number of hydrogen-bond donors (Lipinski definition) is 1. The molecule has 0 saturated heterocycles. The van der Waals surface area contributed by atoms with Crippen LogP contribution >= 0.6 is 9.45 Å². The van der Waals surface area contributed by atoms with E-state index in [4.69, 9.17) is 0 Å². The molecule has 6 heteroatoms. The van der Waals surface area contributed by atoms with E-state index in [0.29, 0.717) is 12.3 Å². The molecule has 3 aliphatic carbocycles. The van der Waals surface area contributed by atoms with Crippen LogP contribution in [0.25, 0.3) is 0 Å². The summed E-state index contributed by atoms with van der Waals surface area (Å²) < 4.78 is 38.1. The van der Waals surface area contributed by atoms with E-state index in [9.17, 15) is 17.4 Å². The standard InChI is InChI=1S/C25H37FO3S2/c1-18-8-11-22(27)17-21(18)10-9-20-7-6-15-25(3)23(12-13-24(20)25)19(2)14-16-30(4,26)31(5,28)29/h9-10,12,14,16,19,22,24,27H,1,6-8,11,13,15,17H2,2-5H3/b16-14+,20-9+,21-10-/t19-,22+,24+,25?/m1/s1. The maximum absolute atomic E-state index is 14.6. The molecule has 31 heavy (non-hydrogen) atoms. The van der Waals surface area contributed by atoms with Gasteiger partial charge in [-0.05, 0) is 73.2 Å². The summed E-state index contributed by atoms with van der Waals surface area (Å²) in [6, 6.07) is 0. The Kier molecular flexibility index (Phi) is 7.14. The van der Waals surface area contributed by atoms with Crippen molar-refractivity contribution < 1.29 is 17.4 Å². The zero-order valence-electron chi connectivity index (χ0n) is 19.2. The van der Waals surface area contributed by atoms with Crippen LogP contribution in [-0.2, 0) is 8.87 Å². The summed E-state index contributed by atoms with van der Waals surface area (Å²) in [6.07, 6.45) is 16.9. The van der Waals surface area contributed by atoms with Crippen LogP contribution in [-0.4, -0.2) is 32.1 Å². The Hall–Kier alpha value is -1.11. The van der Waals surface area contributed by atoms with E-state index in [1.54, 1.807) is 6.08 Å². The third-order valence-corrected chi connectivity index (χ3v) is 13.2. The van der Waals surface area contributed by atoms with Gasteiger partial charge in [0.1, 0.15) is 0 Å². The summed E-state index contributed by atoms with van der Waals surface area (Å²) in [5.74, 6) is 0.426. The van der Waals surface area contributed by atoms with Crippen molar-refractivity contribution in [3.8, 4) is 0 Å². The quantitative estimate of drug-likeness (QED) is 0.370. The molecule has 3 nitrogen and oxygen atoms in total. The minimum absolute atomic E-state index is 0.00491. The van der Waals surface area contributed by atoms with Crippen molar-refractivity contribution in [2.45, 2.75) is 64.9 Å². The van der Waals surface area contributed by atoms with Gasteiger partial charge < -0.3 is 5.11 Å². The molecule has 2 unspecified atom stereocenters. The van der Waals surface area contributed by atoms with Crippen molar-refractivity contribution in [2.24, 2.45) is 17.3 Å². The van der Waals surface area contributed by atoms with Gasteiger partial charge in [0.25, 0.3) is 0 Å². The lowest BCUT2D eigenvalue weighted by molar-refractivity contribution is 0.158. The third kappa shape index (κ3) is 5.12. The predicted molar refractivity (Wildman–Crippen MR) is 131 cm³/mol. The minimum Gasteiger partial charge on any atom is -0.393 e. The van der Waals surface area contributed by atoms with Crippen LogP contribution in [0.1, 0.15) is 58.8 Å². The SMILES string of the molecule is C=C1CC[C@H](O)C/C1=C/C=C1\CCCC2(C)C([C@H](C)/C=C/S(C)(F)S(C)(=O)=O)=CC[C@@H]12. The van der Waals surface area contributed by atoms with E-state index < -0.39 is 18.3 Å². The van der Waals surface area contributed by atoms with Crippen LogP contribution < -0.4 is 0 Å². The summed E-state index contributed by atoms with van der Waals surface area (Å²) in [6.45, 7) is 8.52. The van der Waals surface area contributed by atoms with E-state index in [2.05, 4.69) is 31.7 Å². The molecule has 0 radical (unpaired) electrons. The molecule has 5 atom stereocenters. The number of hydrogen-bond acceptors (Lipinski definition) is 3. The molecule has 2 saturated carbocycles. The average Bonchev–Trinajstić information content (AvgIpc) is 3.03. The smallest absolute Gasteiger partial charge is 0.209 e. The number of allylic oxidation sites excluding steroid dienone is 7. The van der Waals surface area contributed by atoms with Crippen molar-refractivity contribution in [2.75, 3.05) is 12.5 Å². The molecule has 0 amide bonds. The summed E-state index contributed by atoms with van der Waals surface area (Å²) in [5.41, 5.74) is 5.05. The van der Waals surface area contributed by atoms with Crippen LogP contribution in [0.15, 0.2) is 58.6 Å². The zero-order valence-corrected chi connectivity index (χ0v) is 20.9. The molecule has 0 aromatic heterocycles. The highest BCUT2D eigenvalue weighted by Crippen LogP contribution is 2.58. The molecule has 2 fully saturated rings. The van der Waals surface area contributed by atoms with E-state index >= 15 is 0 Å². The number of aliphatic hydroxyl groups excluding tert-OH is 1. The molecule has 0 aromatic rings. The monoisotopic (exact) mass is 468 g/mol. The van der Waals surface area contributed by atoms with Crippen LogP contribution in [0.2, 0.25) is 0 Å². The first kappa shape index (κ1) is 24.5. The van der Waals surface area contributed by atoms with Crippen LogP contribution in [0, 0.1) is 17.3 Å². The topological polar surface area (TPSA) is 54.4 Å². The first-order valence-corrected chi connectivity index (χ1v) is 15.6. The van der Waals surface area contributed by atoms with E-state index in [-0.39, 0.29) is 17.4 Å². The Bertz CT molecular complexity index is 955. The lowest BCUT2D eigenvalue weighted by Crippen LogP contribution is -2.32. The van der Waals surface area contributed by atoms with Crippen LogP contribution in [0.5, 0.6) is 0 Å².